The first-order valence-corrected chi connectivity index (χ1v) is 9.34. The normalized spacial score (nSPS) is 12.7. The number of carbonyl (C=O) groups excluding carboxylic acids is 2. The zero-order valence-electron chi connectivity index (χ0n) is 17.1. The molecule has 154 valence electrons. The fraction of sp³-hybridized carbons (Fsp3) is 0.273. The standard InChI is InChI=1S/C22H23N5O3/c1-22(30,10-12-26(2)14-28)9-7-15-5-4-6-16(13-15)18-17-8-11-27(3)21(17)25-20(24-18)19(23)29/h4-6,8,11,13-14,30H,10,12H2,1-3H3,(H2,23,29). The van der Waals surface area contributed by atoms with E-state index in [0.717, 1.165) is 10.9 Å². The molecule has 0 aliphatic heterocycles. The molecule has 2 heterocycles. The van der Waals surface area contributed by atoms with Crippen molar-refractivity contribution in [3.8, 4) is 23.1 Å². The lowest BCUT2D eigenvalue weighted by molar-refractivity contribution is -0.117. The van der Waals surface area contributed by atoms with Crippen LogP contribution in [0.5, 0.6) is 0 Å². The number of aliphatic hydroxyl groups is 1. The Morgan fingerprint density at radius 1 is 1.37 bits per heavy atom. The lowest BCUT2D eigenvalue weighted by Crippen LogP contribution is -2.29. The molecular weight excluding hydrogens is 382 g/mol. The summed E-state index contributed by atoms with van der Waals surface area (Å²) in [6, 6.07) is 9.22. The Morgan fingerprint density at radius 2 is 2.13 bits per heavy atom. The number of aromatic nitrogens is 3. The first-order chi connectivity index (χ1) is 14.2. The van der Waals surface area contributed by atoms with E-state index in [9.17, 15) is 14.7 Å². The molecule has 0 saturated heterocycles. The quantitative estimate of drug-likeness (QED) is 0.474. The summed E-state index contributed by atoms with van der Waals surface area (Å²) in [5.41, 5.74) is 6.78. The molecule has 3 rings (SSSR count). The Hall–Kier alpha value is -3.70. The van der Waals surface area contributed by atoms with E-state index >= 15 is 0 Å². The predicted molar refractivity (Wildman–Crippen MR) is 113 cm³/mol. The zero-order chi connectivity index (χ0) is 21.9. The SMILES string of the molecule is CN(C=O)CCC(C)(O)C#Cc1cccc(-c2nc(C(N)=O)nc3c2ccn3C)c1. The van der Waals surface area contributed by atoms with Crippen LogP contribution < -0.4 is 5.73 Å². The average Bonchev–Trinajstić information content (AvgIpc) is 3.11. The molecule has 0 radical (unpaired) electrons. The molecule has 0 saturated carbocycles. The van der Waals surface area contributed by atoms with Gasteiger partial charge >= 0.3 is 0 Å². The Labute approximate surface area is 174 Å². The summed E-state index contributed by atoms with van der Waals surface area (Å²) in [5.74, 6) is 5.08. The van der Waals surface area contributed by atoms with Gasteiger partial charge in [-0.05, 0) is 25.1 Å². The van der Waals surface area contributed by atoms with E-state index in [1.54, 1.807) is 18.5 Å². The van der Waals surface area contributed by atoms with E-state index in [-0.39, 0.29) is 5.82 Å². The van der Waals surface area contributed by atoms with Crippen molar-refractivity contribution in [2.24, 2.45) is 12.8 Å². The second kappa shape index (κ2) is 8.35. The molecule has 0 aliphatic rings. The van der Waals surface area contributed by atoms with Crippen LogP contribution in [0.1, 0.15) is 29.5 Å². The van der Waals surface area contributed by atoms with Crippen LogP contribution in [-0.2, 0) is 11.8 Å². The Bertz CT molecular complexity index is 1170. The third-order valence-electron chi connectivity index (χ3n) is 4.69. The van der Waals surface area contributed by atoms with Gasteiger partial charge < -0.3 is 20.3 Å². The van der Waals surface area contributed by atoms with Crippen LogP contribution >= 0.6 is 0 Å². The van der Waals surface area contributed by atoms with Crippen LogP contribution in [0.15, 0.2) is 36.5 Å². The summed E-state index contributed by atoms with van der Waals surface area (Å²) in [6.45, 7) is 2.01. The highest BCUT2D eigenvalue weighted by atomic mass is 16.3. The fourth-order valence-corrected chi connectivity index (χ4v) is 2.93. The molecule has 1 aromatic carbocycles. The maximum atomic E-state index is 11.7. The largest absolute Gasteiger partial charge is 0.378 e. The minimum Gasteiger partial charge on any atom is -0.378 e. The second-order valence-electron chi connectivity index (χ2n) is 7.36. The molecule has 8 heteroatoms. The summed E-state index contributed by atoms with van der Waals surface area (Å²) in [4.78, 5) is 32.4. The first kappa shape index (κ1) is 21.0. The van der Waals surface area contributed by atoms with Crippen LogP contribution in [0.3, 0.4) is 0 Å². The van der Waals surface area contributed by atoms with Gasteiger partial charge in [0.15, 0.2) is 0 Å². The summed E-state index contributed by atoms with van der Waals surface area (Å²) in [7, 11) is 3.47. The van der Waals surface area contributed by atoms with E-state index in [4.69, 9.17) is 5.73 Å². The van der Waals surface area contributed by atoms with Gasteiger partial charge in [0.2, 0.25) is 12.2 Å². The van der Waals surface area contributed by atoms with Crippen molar-refractivity contribution in [3.63, 3.8) is 0 Å². The summed E-state index contributed by atoms with van der Waals surface area (Å²) < 4.78 is 1.80. The topological polar surface area (TPSA) is 114 Å². The summed E-state index contributed by atoms with van der Waals surface area (Å²) >= 11 is 0. The molecule has 8 nitrogen and oxygen atoms in total. The van der Waals surface area contributed by atoms with Gasteiger partial charge in [-0.3, -0.25) is 9.59 Å². The van der Waals surface area contributed by atoms with Crippen molar-refractivity contribution in [1.82, 2.24) is 19.4 Å². The maximum absolute atomic E-state index is 11.7. The molecule has 1 atom stereocenters. The highest BCUT2D eigenvalue weighted by Gasteiger charge is 2.18. The first-order valence-electron chi connectivity index (χ1n) is 9.34. The van der Waals surface area contributed by atoms with Gasteiger partial charge in [0.1, 0.15) is 11.2 Å². The molecule has 0 spiro atoms. The highest BCUT2D eigenvalue weighted by Crippen LogP contribution is 2.27. The number of nitrogens with two attached hydrogens (primary N) is 1. The van der Waals surface area contributed by atoms with Crippen LogP contribution in [0.25, 0.3) is 22.3 Å². The second-order valence-corrected chi connectivity index (χ2v) is 7.36. The Kier molecular flexibility index (Phi) is 5.85. The van der Waals surface area contributed by atoms with Gasteiger partial charge in [-0.15, -0.1) is 0 Å². The third-order valence-corrected chi connectivity index (χ3v) is 4.69. The van der Waals surface area contributed by atoms with Crippen molar-refractivity contribution in [1.29, 1.82) is 0 Å². The predicted octanol–water partition coefficient (Wildman–Crippen LogP) is 1.31. The van der Waals surface area contributed by atoms with E-state index in [1.807, 2.05) is 43.6 Å². The molecule has 3 N–H and O–H groups in total. The van der Waals surface area contributed by atoms with E-state index in [1.165, 1.54) is 4.90 Å². The van der Waals surface area contributed by atoms with Crippen LogP contribution in [0, 0.1) is 11.8 Å². The van der Waals surface area contributed by atoms with Gasteiger partial charge in [0, 0.05) is 49.8 Å². The number of amides is 2. The number of benzene rings is 1. The maximum Gasteiger partial charge on any atom is 0.286 e. The molecule has 0 fully saturated rings. The van der Waals surface area contributed by atoms with Gasteiger partial charge in [0.05, 0.1) is 5.69 Å². The van der Waals surface area contributed by atoms with Gasteiger partial charge in [-0.2, -0.15) is 0 Å². The lowest BCUT2D eigenvalue weighted by Gasteiger charge is -2.19. The number of hydrogen-bond donors (Lipinski definition) is 2. The lowest BCUT2D eigenvalue weighted by atomic mass is 10.0. The average molecular weight is 405 g/mol. The number of primary amides is 1. The van der Waals surface area contributed by atoms with Gasteiger partial charge in [0.25, 0.3) is 5.91 Å². The van der Waals surface area contributed by atoms with Crippen molar-refractivity contribution >= 4 is 23.4 Å². The zero-order valence-corrected chi connectivity index (χ0v) is 17.1. The van der Waals surface area contributed by atoms with Crippen LogP contribution in [0.4, 0.5) is 0 Å². The van der Waals surface area contributed by atoms with E-state index in [2.05, 4.69) is 21.8 Å². The molecule has 1 unspecified atom stereocenters. The fourth-order valence-electron chi connectivity index (χ4n) is 2.93. The number of hydrogen-bond acceptors (Lipinski definition) is 5. The number of aryl methyl sites for hydroxylation is 1. The summed E-state index contributed by atoms with van der Waals surface area (Å²) in [6.07, 6.45) is 2.87. The van der Waals surface area contributed by atoms with Crippen molar-refractivity contribution < 1.29 is 14.7 Å². The number of fused-ring (bicyclic) bond motifs is 1. The molecule has 2 amide bonds. The third kappa shape index (κ3) is 4.64. The Balaban J connectivity index is 1.97. The van der Waals surface area contributed by atoms with Crippen molar-refractivity contribution in [2.75, 3.05) is 13.6 Å². The molecule has 0 aliphatic carbocycles. The molecule has 0 bridgehead atoms. The monoisotopic (exact) mass is 405 g/mol. The van der Waals surface area contributed by atoms with E-state index in [0.29, 0.717) is 36.3 Å². The van der Waals surface area contributed by atoms with E-state index < -0.39 is 11.5 Å². The van der Waals surface area contributed by atoms with Gasteiger partial charge in [-0.1, -0.05) is 24.0 Å². The number of rotatable bonds is 6. The molecular formula is C22H23N5O3. The van der Waals surface area contributed by atoms with Crippen LogP contribution in [-0.4, -0.2) is 56.1 Å². The molecule has 30 heavy (non-hydrogen) atoms. The number of carbonyl (C=O) groups is 2. The Morgan fingerprint density at radius 3 is 2.83 bits per heavy atom. The summed E-state index contributed by atoms with van der Waals surface area (Å²) in [5, 5.41) is 11.2. The van der Waals surface area contributed by atoms with Crippen LogP contribution in [0.2, 0.25) is 0 Å². The van der Waals surface area contributed by atoms with Gasteiger partial charge in [-0.25, -0.2) is 9.97 Å². The highest BCUT2D eigenvalue weighted by molar-refractivity contribution is 5.96. The smallest absolute Gasteiger partial charge is 0.286 e. The van der Waals surface area contributed by atoms with Crippen molar-refractivity contribution in [3.05, 3.63) is 47.9 Å². The molecule has 3 aromatic rings. The number of nitrogens with zero attached hydrogens (tertiary/aromatic N) is 4. The molecule has 2 aromatic heterocycles. The minimum absolute atomic E-state index is 0.0574. The minimum atomic E-state index is -1.24. The van der Waals surface area contributed by atoms with Crippen molar-refractivity contribution in [2.45, 2.75) is 18.9 Å².